The number of hydrogen-bond acceptors (Lipinski definition) is 8. The average Bonchev–Trinajstić information content (AvgIpc) is 2.27. The van der Waals surface area contributed by atoms with Crippen LogP contribution in [0.2, 0.25) is 0 Å². The van der Waals surface area contributed by atoms with E-state index >= 15 is 0 Å². The summed E-state index contributed by atoms with van der Waals surface area (Å²) >= 11 is 0. The Balaban J connectivity index is 2.62. The molecule has 0 aromatic carbocycles. The maximum absolute atomic E-state index is 10.4. The third-order valence-electron chi connectivity index (χ3n) is 2.42. The van der Waals surface area contributed by atoms with Crippen LogP contribution in [0.25, 0.3) is 0 Å². The van der Waals surface area contributed by atoms with Gasteiger partial charge in [-0.1, -0.05) is 0 Å². The lowest BCUT2D eigenvalue weighted by Crippen LogP contribution is -2.61. The van der Waals surface area contributed by atoms with Gasteiger partial charge in [-0.25, -0.2) is 4.57 Å². The Morgan fingerprint density at radius 1 is 1.11 bits per heavy atom. The second kappa shape index (κ2) is 5.88. The number of rotatable bonds is 4. The molecule has 7 N–H and O–H groups in total. The summed E-state index contributed by atoms with van der Waals surface area (Å²) in [7, 11) is -4.80. The summed E-state index contributed by atoms with van der Waals surface area (Å²) in [4.78, 5) is 16.8. The Bertz CT molecular complexity index is 317. The Hall–Kier alpha value is -0.130. The van der Waals surface area contributed by atoms with Crippen LogP contribution in [-0.4, -0.2) is 78.7 Å². The van der Waals surface area contributed by atoms with Gasteiger partial charge in [0.2, 0.25) is 0 Å². The average molecular weight is 290 g/mol. The van der Waals surface area contributed by atoms with Crippen LogP contribution in [0.4, 0.5) is 0 Å². The lowest BCUT2D eigenvalue weighted by atomic mass is 9.96. The first-order chi connectivity index (χ1) is 8.13. The van der Waals surface area contributed by atoms with Gasteiger partial charge in [-0.3, -0.25) is 4.52 Å². The quantitative estimate of drug-likeness (QED) is 0.254. The highest BCUT2D eigenvalue weighted by Gasteiger charge is 2.46. The first-order valence-electron chi connectivity index (χ1n) is 4.89. The van der Waals surface area contributed by atoms with Gasteiger partial charge in [-0.15, -0.1) is 0 Å². The van der Waals surface area contributed by atoms with Crippen molar-refractivity contribution in [1.29, 1.82) is 0 Å². The molecule has 18 heavy (non-hydrogen) atoms. The summed E-state index contributed by atoms with van der Waals surface area (Å²) in [5.74, 6) is 0. The topological polar surface area (TPSA) is 177 Å². The third-order valence-corrected chi connectivity index (χ3v) is 2.90. The summed E-state index contributed by atoms with van der Waals surface area (Å²) < 4.78 is 19.0. The molecule has 1 aliphatic heterocycles. The molecule has 6 atom stereocenters. The molecule has 1 heterocycles. The van der Waals surface area contributed by atoms with E-state index in [9.17, 15) is 19.9 Å². The van der Waals surface area contributed by atoms with E-state index in [-0.39, 0.29) is 0 Å². The van der Waals surface area contributed by atoms with Gasteiger partial charge in [0.25, 0.3) is 0 Å². The van der Waals surface area contributed by atoms with E-state index in [1.807, 2.05) is 0 Å². The lowest BCUT2D eigenvalue weighted by Gasteiger charge is -2.40. The van der Waals surface area contributed by atoms with E-state index in [1.165, 1.54) is 0 Å². The van der Waals surface area contributed by atoms with Crippen LogP contribution in [-0.2, 0) is 13.8 Å². The minimum Gasteiger partial charge on any atom is -0.388 e. The van der Waals surface area contributed by atoms with E-state index in [1.54, 1.807) is 0 Å². The van der Waals surface area contributed by atoms with Crippen molar-refractivity contribution in [3.8, 4) is 0 Å². The fourth-order valence-electron chi connectivity index (χ4n) is 1.47. The molecule has 0 aromatic heterocycles. The molecule has 1 saturated heterocycles. The molecule has 0 saturated carbocycles. The van der Waals surface area contributed by atoms with E-state index in [0.29, 0.717) is 0 Å². The predicted molar refractivity (Wildman–Crippen MR) is 52.9 cm³/mol. The molecule has 0 radical (unpaired) electrons. The summed E-state index contributed by atoms with van der Waals surface area (Å²) in [5.41, 5.74) is 0. The maximum atomic E-state index is 10.4. The van der Waals surface area contributed by atoms with Crippen molar-refractivity contribution in [3.63, 3.8) is 0 Å². The largest absolute Gasteiger partial charge is 0.469 e. The van der Waals surface area contributed by atoms with E-state index < -0.39 is 51.2 Å². The molecule has 10 nitrogen and oxygen atoms in total. The lowest BCUT2D eigenvalue weighted by molar-refractivity contribution is -0.298. The molecular formula is C7H15O10P. The number of phosphoric ester groups is 1. The zero-order valence-electron chi connectivity index (χ0n) is 8.97. The van der Waals surface area contributed by atoms with Crippen LogP contribution >= 0.6 is 7.82 Å². The Kier molecular flexibility index (Phi) is 5.21. The Morgan fingerprint density at radius 2 is 1.67 bits per heavy atom. The summed E-state index contributed by atoms with van der Waals surface area (Å²) in [6, 6.07) is 0. The highest BCUT2D eigenvalue weighted by molar-refractivity contribution is 7.46. The summed E-state index contributed by atoms with van der Waals surface area (Å²) in [5, 5.41) is 46.6. The molecule has 0 spiro atoms. The van der Waals surface area contributed by atoms with Crippen LogP contribution in [0.1, 0.15) is 0 Å². The van der Waals surface area contributed by atoms with E-state index in [0.717, 1.165) is 0 Å². The number of phosphoric acid groups is 1. The van der Waals surface area contributed by atoms with Gasteiger partial charge in [-0.2, -0.15) is 0 Å². The molecule has 0 bridgehead atoms. The van der Waals surface area contributed by atoms with E-state index in [2.05, 4.69) is 9.26 Å². The molecule has 1 fully saturated rings. The van der Waals surface area contributed by atoms with Crippen molar-refractivity contribution in [2.24, 2.45) is 0 Å². The second-order valence-electron chi connectivity index (χ2n) is 3.82. The molecule has 108 valence electrons. The zero-order chi connectivity index (χ0) is 14.1. The predicted octanol–water partition coefficient (Wildman–Crippen LogP) is -3.74. The van der Waals surface area contributed by atoms with Crippen LogP contribution in [0.5, 0.6) is 0 Å². The molecule has 1 aliphatic rings. The highest BCUT2D eigenvalue weighted by atomic mass is 31.2. The van der Waals surface area contributed by atoms with Crippen molar-refractivity contribution < 1.29 is 49.1 Å². The van der Waals surface area contributed by atoms with Crippen molar-refractivity contribution in [3.05, 3.63) is 0 Å². The number of ether oxygens (including phenoxy) is 1. The van der Waals surface area contributed by atoms with Crippen molar-refractivity contribution >= 4 is 7.82 Å². The molecule has 1 unspecified atom stereocenters. The molecule has 0 aromatic rings. The standard InChI is InChI=1S/C7H15O10P/c8-2(1-16-18(13,14)15)6-4(10)3(9)5(11)7(12)17-6/h2-12H,1H2,(H2,13,14,15)/t2-,3+,4+,5+,6-,7?/m1/s1. The molecule has 0 aliphatic carbocycles. The number of aliphatic hydroxyl groups excluding tert-OH is 5. The molecule has 1 rings (SSSR count). The van der Waals surface area contributed by atoms with Crippen molar-refractivity contribution in [1.82, 2.24) is 0 Å². The van der Waals surface area contributed by atoms with Crippen molar-refractivity contribution in [2.75, 3.05) is 6.61 Å². The van der Waals surface area contributed by atoms with Crippen LogP contribution in [0.3, 0.4) is 0 Å². The van der Waals surface area contributed by atoms with Gasteiger partial charge in [0, 0.05) is 0 Å². The first-order valence-corrected chi connectivity index (χ1v) is 6.42. The van der Waals surface area contributed by atoms with Gasteiger partial charge in [0.1, 0.15) is 30.5 Å². The van der Waals surface area contributed by atoms with Gasteiger partial charge < -0.3 is 40.1 Å². The first kappa shape index (κ1) is 15.9. The second-order valence-corrected chi connectivity index (χ2v) is 5.06. The van der Waals surface area contributed by atoms with Crippen LogP contribution in [0, 0.1) is 0 Å². The fourth-order valence-corrected chi connectivity index (χ4v) is 1.82. The van der Waals surface area contributed by atoms with Gasteiger partial charge >= 0.3 is 7.82 Å². The van der Waals surface area contributed by atoms with Gasteiger partial charge in [0.05, 0.1) is 6.61 Å². The normalized spacial score (nSPS) is 39.6. The molecular weight excluding hydrogens is 275 g/mol. The smallest absolute Gasteiger partial charge is 0.388 e. The highest BCUT2D eigenvalue weighted by Crippen LogP contribution is 2.36. The minimum atomic E-state index is -4.80. The van der Waals surface area contributed by atoms with E-state index in [4.69, 9.17) is 20.0 Å². The zero-order valence-corrected chi connectivity index (χ0v) is 9.87. The Labute approximate surface area is 101 Å². The number of aliphatic hydroxyl groups is 5. The van der Waals surface area contributed by atoms with Crippen LogP contribution < -0.4 is 0 Å². The van der Waals surface area contributed by atoms with Crippen LogP contribution in [0.15, 0.2) is 0 Å². The molecule has 0 amide bonds. The van der Waals surface area contributed by atoms with Gasteiger partial charge in [-0.05, 0) is 0 Å². The maximum Gasteiger partial charge on any atom is 0.469 e. The monoisotopic (exact) mass is 290 g/mol. The summed E-state index contributed by atoms with van der Waals surface area (Å²) in [6.07, 6.45) is -10.4. The Morgan fingerprint density at radius 3 is 2.17 bits per heavy atom. The van der Waals surface area contributed by atoms with Crippen molar-refractivity contribution in [2.45, 2.75) is 36.8 Å². The third kappa shape index (κ3) is 3.93. The molecule has 11 heteroatoms. The fraction of sp³-hybridized carbons (Fsp3) is 1.00. The SMILES string of the molecule is O=P(O)(O)OC[C@@H](O)[C@H]1OC(O)[C@@H](O)[C@@H](O)[C@@H]1O. The van der Waals surface area contributed by atoms with Gasteiger partial charge in [0.15, 0.2) is 6.29 Å². The minimum absolute atomic E-state index is 0.887. The number of hydrogen-bond donors (Lipinski definition) is 7. The summed E-state index contributed by atoms with van der Waals surface area (Å²) in [6.45, 7) is -0.887.